The number of aromatic nitrogens is 1. The fraction of sp³-hybridized carbons (Fsp3) is 0. The predicted octanol–water partition coefficient (Wildman–Crippen LogP) is 10.7. The van der Waals surface area contributed by atoms with Crippen LogP contribution >= 0.6 is 11.3 Å². The highest BCUT2D eigenvalue weighted by Crippen LogP contribution is 2.43. The second-order valence-corrected chi connectivity index (χ2v) is 11.2. The Morgan fingerprint density at radius 1 is 0.513 bits per heavy atom. The summed E-state index contributed by atoms with van der Waals surface area (Å²) in [6.07, 6.45) is 0. The van der Waals surface area contributed by atoms with Gasteiger partial charge in [-0.25, -0.2) is 0 Å². The molecule has 0 unspecified atom stereocenters. The molecule has 0 aliphatic heterocycles. The molecule has 0 saturated heterocycles. The Labute approximate surface area is 227 Å². The summed E-state index contributed by atoms with van der Waals surface area (Å²) in [4.78, 5) is 0. The smallest absolute Gasteiger partial charge is 0.136 e. The Kier molecular flexibility index (Phi) is 4.24. The lowest BCUT2D eigenvalue weighted by atomic mass is 9.98. The minimum absolute atomic E-state index is 0.928. The van der Waals surface area contributed by atoms with Crippen molar-refractivity contribution in [1.82, 2.24) is 4.57 Å². The highest BCUT2D eigenvalue weighted by Gasteiger charge is 2.17. The van der Waals surface area contributed by atoms with Crippen LogP contribution in [0.4, 0.5) is 0 Å². The topological polar surface area (TPSA) is 18.1 Å². The van der Waals surface area contributed by atoms with E-state index >= 15 is 0 Å². The Morgan fingerprint density at radius 2 is 1.18 bits per heavy atom. The van der Waals surface area contributed by atoms with Gasteiger partial charge in [-0.2, -0.15) is 0 Å². The standard InChI is InChI=1S/C36H21NOS/c1-4-14-29-24(9-1)25-10-2-5-15-30(25)37(29)31-16-7-13-26-28-21-22(19-20-34(28)39-36(26)31)23-12-8-18-33-35(23)27-11-3-6-17-32(27)38-33/h1-21H. The van der Waals surface area contributed by atoms with Gasteiger partial charge in [0.1, 0.15) is 11.2 Å². The molecule has 0 aliphatic rings. The lowest BCUT2D eigenvalue weighted by molar-refractivity contribution is 0.669. The second kappa shape index (κ2) is 7.83. The minimum atomic E-state index is 0.928. The summed E-state index contributed by atoms with van der Waals surface area (Å²) in [6.45, 7) is 0. The summed E-state index contributed by atoms with van der Waals surface area (Å²) < 4.78 is 11.2. The zero-order valence-corrected chi connectivity index (χ0v) is 21.7. The van der Waals surface area contributed by atoms with E-state index in [1.807, 2.05) is 23.5 Å². The van der Waals surface area contributed by atoms with Crippen LogP contribution in [0, 0.1) is 0 Å². The van der Waals surface area contributed by atoms with Crippen molar-refractivity contribution in [2.75, 3.05) is 0 Å². The maximum Gasteiger partial charge on any atom is 0.136 e. The molecule has 182 valence electrons. The molecule has 6 aromatic carbocycles. The molecule has 3 heterocycles. The third-order valence-electron chi connectivity index (χ3n) is 8.01. The molecule has 0 N–H and O–H groups in total. The first-order valence-corrected chi connectivity index (χ1v) is 14.0. The first-order valence-electron chi connectivity index (χ1n) is 13.2. The van der Waals surface area contributed by atoms with E-state index in [-0.39, 0.29) is 0 Å². The Bertz CT molecular complexity index is 2350. The van der Waals surface area contributed by atoms with Crippen molar-refractivity contribution >= 4 is 75.3 Å². The summed E-state index contributed by atoms with van der Waals surface area (Å²) in [7, 11) is 0. The number of rotatable bonds is 2. The quantitative estimate of drug-likeness (QED) is 0.224. The van der Waals surface area contributed by atoms with Gasteiger partial charge in [-0.15, -0.1) is 11.3 Å². The van der Waals surface area contributed by atoms with E-state index in [1.165, 1.54) is 64.2 Å². The maximum atomic E-state index is 6.18. The largest absolute Gasteiger partial charge is 0.456 e. The number of fused-ring (bicyclic) bond motifs is 9. The third kappa shape index (κ3) is 2.91. The summed E-state index contributed by atoms with van der Waals surface area (Å²) in [6, 6.07) is 45.8. The number of hydrogen-bond acceptors (Lipinski definition) is 2. The molecule has 0 radical (unpaired) electrons. The van der Waals surface area contributed by atoms with Crippen LogP contribution in [0.25, 0.3) is 80.7 Å². The highest BCUT2D eigenvalue weighted by atomic mass is 32.1. The van der Waals surface area contributed by atoms with Gasteiger partial charge in [-0.3, -0.25) is 0 Å². The van der Waals surface area contributed by atoms with Gasteiger partial charge in [0.25, 0.3) is 0 Å². The molecule has 0 amide bonds. The van der Waals surface area contributed by atoms with Crippen LogP contribution in [0.2, 0.25) is 0 Å². The first-order chi connectivity index (χ1) is 19.3. The molecule has 9 rings (SSSR count). The van der Waals surface area contributed by atoms with Crippen LogP contribution in [-0.4, -0.2) is 4.57 Å². The lowest BCUT2D eigenvalue weighted by Gasteiger charge is -2.09. The van der Waals surface area contributed by atoms with E-state index in [0.29, 0.717) is 0 Å². The number of para-hydroxylation sites is 3. The summed E-state index contributed by atoms with van der Waals surface area (Å²) in [5.74, 6) is 0. The fourth-order valence-corrected chi connectivity index (χ4v) is 7.51. The average molecular weight is 516 g/mol. The van der Waals surface area contributed by atoms with Crippen molar-refractivity contribution in [3.05, 3.63) is 127 Å². The molecule has 0 bridgehead atoms. The van der Waals surface area contributed by atoms with Crippen molar-refractivity contribution in [3.8, 4) is 16.8 Å². The second-order valence-electron chi connectivity index (χ2n) is 10.1. The molecule has 0 atom stereocenters. The normalized spacial score (nSPS) is 12.1. The first kappa shape index (κ1) is 21.1. The van der Waals surface area contributed by atoms with Crippen molar-refractivity contribution in [2.24, 2.45) is 0 Å². The molecule has 2 nitrogen and oxygen atoms in total. The summed E-state index contributed by atoms with van der Waals surface area (Å²) in [5, 5.41) is 7.49. The third-order valence-corrected chi connectivity index (χ3v) is 9.22. The Morgan fingerprint density at radius 3 is 2.00 bits per heavy atom. The summed E-state index contributed by atoms with van der Waals surface area (Å²) >= 11 is 1.88. The Hall–Kier alpha value is -4.86. The Balaban J connectivity index is 1.32. The van der Waals surface area contributed by atoms with Crippen molar-refractivity contribution < 1.29 is 4.42 Å². The van der Waals surface area contributed by atoms with Gasteiger partial charge in [-0.05, 0) is 53.6 Å². The lowest BCUT2D eigenvalue weighted by Crippen LogP contribution is -1.93. The van der Waals surface area contributed by atoms with Crippen LogP contribution < -0.4 is 0 Å². The molecule has 3 heteroatoms. The predicted molar refractivity (Wildman–Crippen MR) is 166 cm³/mol. The number of furan rings is 1. The van der Waals surface area contributed by atoms with Gasteiger partial charge in [0.2, 0.25) is 0 Å². The maximum absolute atomic E-state index is 6.18. The van der Waals surface area contributed by atoms with Gasteiger partial charge in [-0.1, -0.05) is 84.9 Å². The van der Waals surface area contributed by atoms with Crippen molar-refractivity contribution in [3.63, 3.8) is 0 Å². The molecule has 0 saturated carbocycles. The van der Waals surface area contributed by atoms with E-state index in [4.69, 9.17) is 4.42 Å². The van der Waals surface area contributed by atoms with E-state index in [1.54, 1.807) is 0 Å². The average Bonchev–Trinajstić information content (AvgIpc) is 3.66. The van der Waals surface area contributed by atoms with E-state index in [0.717, 1.165) is 16.6 Å². The molecular formula is C36H21NOS. The molecule has 0 aliphatic carbocycles. The number of benzene rings is 6. The number of hydrogen-bond donors (Lipinski definition) is 0. The molecular weight excluding hydrogens is 494 g/mol. The van der Waals surface area contributed by atoms with E-state index in [9.17, 15) is 0 Å². The van der Waals surface area contributed by atoms with Crippen molar-refractivity contribution in [1.29, 1.82) is 0 Å². The van der Waals surface area contributed by atoms with Crippen LogP contribution in [0.15, 0.2) is 132 Å². The van der Waals surface area contributed by atoms with Gasteiger partial charge in [0.15, 0.2) is 0 Å². The monoisotopic (exact) mass is 515 g/mol. The SMILES string of the molecule is c1ccc2c(c1)oc1cccc(-c3ccc4sc5c(-n6c7ccccc7c7ccccc76)cccc5c4c3)c12. The molecule has 39 heavy (non-hydrogen) atoms. The van der Waals surface area contributed by atoms with E-state index in [2.05, 4.69) is 120 Å². The van der Waals surface area contributed by atoms with Crippen LogP contribution in [0.3, 0.4) is 0 Å². The zero-order valence-electron chi connectivity index (χ0n) is 20.9. The summed E-state index contributed by atoms with van der Waals surface area (Å²) in [5.41, 5.74) is 7.98. The van der Waals surface area contributed by atoms with Crippen LogP contribution in [0.5, 0.6) is 0 Å². The molecule has 9 aromatic rings. The molecule has 0 spiro atoms. The molecule has 0 fully saturated rings. The van der Waals surface area contributed by atoms with Gasteiger partial charge in [0.05, 0.1) is 21.4 Å². The van der Waals surface area contributed by atoms with Gasteiger partial charge < -0.3 is 8.98 Å². The van der Waals surface area contributed by atoms with Crippen LogP contribution in [0.1, 0.15) is 0 Å². The van der Waals surface area contributed by atoms with Crippen molar-refractivity contribution in [2.45, 2.75) is 0 Å². The molecule has 3 aromatic heterocycles. The zero-order chi connectivity index (χ0) is 25.5. The van der Waals surface area contributed by atoms with E-state index < -0.39 is 0 Å². The van der Waals surface area contributed by atoms with Gasteiger partial charge >= 0.3 is 0 Å². The number of nitrogens with zero attached hydrogens (tertiary/aromatic N) is 1. The van der Waals surface area contributed by atoms with Gasteiger partial charge in [0, 0.05) is 37.0 Å². The minimum Gasteiger partial charge on any atom is -0.456 e. The van der Waals surface area contributed by atoms with Crippen LogP contribution in [-0.2, 0) is 0 Å². The number of thiophene rings is 1. The highest BCUT2D eigenvalue weighted by molar-refractivity contribution is 7.26. The fourth-order valence-electron chi connectivity index (χ4n) is 6.32.